The van der Waals surface area contributed by atoms with Crippen LogP contribution in [0.2, 0.25) is 0 Å². The van der Waals surface area contributed by atoms with E-state index in [2.05, 4.69) is 20.1 Å². The highest BCUT2D eigenvalue weighted by molar-refractivity contribution is 5.87. The second kappa shape index (κ2) is 6.64. The third-order valence-electron chi connectivity index (χ3n) is 3.36. The lowest BCUT2D eigenvalue weighted by atomic mass is 10.2. The number of aryl methyl sites for hydroxylation is 3. The summed E-state index contributed by atoms with van der Waals surface area (Å²) in [5.41, 5.74) is 2.55. The van der Waals surface area contributed by atoms with Crippen molar-refractivity contribution in [3.8, 4) is 5.88 Å². The molecule has 1 atom stereocenters. The number of amides is 1. The topological polar surface area (TPSA) is 95.3 Å². The highest BCUT2D eigenvalue weighted by Gasteiger charge is 2.18. The van der Waals surface area contributed by atoms with Crippen LogP contribution in [-0.2, 0) is 21.4 Å². The normalized spacial score (nSPS) is 12.0. The van der Waals surface area contributed by atoms with Gasteiger partial charge in [0.25, 0.3) is 5.91 Å². The molecule has 0 spiro atoms. The molecule has 2 aromatic heterocycles. The van der Waals surface area contributed by atoms with Gasteiger partial charge in [-0.3, -0.25) is 4.79 Å². The maximum absolute atomic E-state index is 11.8. The Kier molecular flexibility index (Phi) is 4.83. The third kappa shape index (κ3) is 3.58. The predicted octanol–water partition coefficient (Wildman–Crippen LogP) is 0.642. The number of methoxy groups -OCH3 is 1. The van der Waals surface area contributed by atoms with Crippen LogP contribution in [0.4, 0.5) is 0 Å². The Labute approximate surface area is 133 Å². The first kappa shape index (κ1) is 16.7. The first-order valence-electron chi connectivity index (χ1n) is 7.14. The molecule has 2 heterocycles. The molecular weight excluding hydrogens is 300 g/mol. The van der Waals surface area contributed by atoms with Crippen molar-refractivity contribution in [1.29, 1.82) is 0 Å². The molecule has 2 aromatic rings. The van der Waals surface area contributed by atoms with E-state index < -0.39 is 17.9 Å². The van der Waals surface area contributed by atoms with E-state index in [0.717, 1.165) is 16.6 Å². The molecule has 1 amide bonds. The number of rotatable bonds is 5. The highest BCUT2D eigenvalue weighted by atomic mass is 16.5. The molecule has 0 saturated carbocycles. The number of esters is 1. The van der Waals surface area contributed by atoms with Crippen molar-refractivity contribution >= 4 is 22.9 Å². The number of carbonyl (C=O) groups excluding carboxylic acids is 2. The van der Waals surface area contributed by atoms with Crippen molar-refractivity contribution < 1.29 is 19.1 Å². The molecule has 8 heteroatoms. The van der Waals surface area contributed by atoms with Crippen LogP contribution in [0.25, 0.3) is 11.0 Å². The molecule has 0 aliphatic heterocycles. The van der Waals surface area contributed by atoms with E-state index in [-0.39, 0.29) is 6.61 Å². The molecule has 0 fully saturated rings. The van der Waals surface area contributed by atoms with Gasteiger partial charge in [0.2, 0.25) is 5.88 Å². The molecule has 0 radical (unpaired) electrons. The first-order valence-corrected chi connectivity index (χ1v) is 7.14. The quantitative estimate of drug-likeness (QED) is 0.812. The number of aromatic nitrogens is 3. The molecule has 124 valence electrons. The molecule has 0 aliphatic carbocycles. The standard InChI is InChI=1S/C15H20N4O4/c1-8-6-9(2)16-13-12(8)14(18-19(13)4)23-7-11(20)17-10(3)15(21)22-5/h6,10H,7H2,1-5H3,(H,17,20)/t10-/m1/s1. The lowest BCUT2D eigenvalue weighted by molar-refractivity contribution is -0.144. The maximum atomic E-state index is 11.8. The van der Waals surface area contributed by atoms with Gasteiger partial charge in [0, 0.05) is 12.7 Å². The van der Waals surface area contributed by atoms with Gasteiger partial charge in [-0.2, -0.15) is 0 Å². The number of hydrogen-bond acceptors (Lipinski definition) is 6. The molecule has 2 rings (SSSR count). The van der Waals surface area contributed by atoms with Gasteiger partial charge < -0.3 is 14.8 Å². The van der Waals surface area contributed by atoms with Crippen LogP contribution in [-0.4, -0.2) is 46.4 Å². The van der Waals surface area contributed by atoms with Crippen molar-refractivity contribution in [3.63, 3.8) is 0 Å². The van der Waals surface area contributed by atoms with Gasteiger partial charge in [-0.05, 0) is 32.4 Å². The molecule has 0 unspecified atom stereocenters. The largest absolute Gasteiger partial charge is 0.467 e. The average molecular weight is 320 g/mol. The Hall–Kier alpha value is -2.64. The number of fused-ring (bicyclic) bond motifs is 1. The van der Waals surface area contributed by atoms with Gasteiger partial charge in [-0.25, -0.2) is 14.5 Å². The van der Waals surface area contributed by atoms with Crippen LogP contribution in [0.3, 0.4) is 0 Å². The fraction of sp³-hybridized carbons (Fsp3) is 0.467. The molecule has 0 bridgehead atoms. The van der Waals surface area contributed by atoms with E-state index in [1.54, 1.807) is 11.7 Å². The van der Waals surface area contributed by atoms with E-state index in [4.69, 9.17) is 4.74 Å². The second-order valence-corrected chi connectivity index (χ2v) is 5.31. The molecule has 0 saturated heterocycles. The Morgan fingerprint density at radius 2 is 2.09 bits per heavy atom. The van der Waals surface area contributed by atoms with Crippen molar-refractivity contribution in [3.05, 3.63) is 17.3 Å². The summed E-state index contributed by atoms with van der Waals surface area (Å²) < 4.78 is 11.7. The highest BCUT2D eigenvalue weighted by Crippen LogP contribution is 2.26. The van der Waals surface area contributed by atoms with Crippen LogP contribution in [0.5, 0.6) is 5.88 Å². The Bertz CT molecular complexity index is 754. The van der Waals surface area contributed by atoms with Crippen molar-refractivity contribution in [1.82, 2.24) is 20.1 Å². The van der Waals surface area contributed by atoms with Crippen molar-refractivity contribution in [2.45, 2.75) is 26.8 Å². The Balaban J connectivity index is 2.11. The van der Waals surface area contributed by atoms with E-state index in [1.165, 1.54) is 14.0 Å². The average Bonchev–Trinajstić information content (AvgIpc) is 2.80. The Morgan fingerprint density at radius 1 is 1.39 bits per heavy atom. The lowest BCUT2D eigenvalue weighted by Gasteiger charge is -2.11. The zero-order chi connectivity index (χ0) is 17.1. The van der Waals surface area contributed by atoms with Gasteiger partial charge in [0.15, 0.2) is 12.3 Å². The van der Waals surface area contributed by atoms with Gasteiger partial charge in [-0.15, -0.1) is 5.10 Å². The smallest absolute Gasteiger partial charge is 0.328 e. The summed E-state index contributed by atoms with van der Waals surface area (Å²) in [4.78, 5) is 27.5. The monoisotopic (exact) mass is 320 g/mol. The fourth-order valence-corrected chi connectivity index (χ4v) is 2.30. The van der Waals surface area contributed by atoms with Crippen LogP contribution >= 0.6 is 0 Å². The summed E-state index contributed by atoms with van der Waals surface area (Å²) in [6.07, 6.45) is 0. The van der Waals surface area contributed by atoms with Crippen LogP contribution in [0.15, 0.2) is 6.07 Å². The maximum Gasteiger partial charge on any atom is 0.328 e. The molecule has 1 N–H and O–H groups in total. The lowest BCUT2D eigenvalue weighted by Crippen LogP contribution is -2.41. The number of carbonyl (C=O) groups is 2. The second-order valence-electron chi connectivity index (χ2n) is 5.31. The van der Waals surface area contributed by atoms with E-state index in [9.17, 15) is 9.59 Å². The fourth-order valence-electron chi connectivity index (χ4n) is 2.30. The minimum atomic E-state index is -0.734. The number of ether oxygens (including phenoxy) is 2. The van der Waals surface area contributed by atoms with Gasteiger partial charge >= 0.3 is 5.97 Å². The molecule has 0 aromatic carbocycles. The Morgan fingerprint density at radius 3 is 2.74 bits per heavy atom. The molecule has 8 nitrogen and oxygen atoms in total. The molecular formula is C15H20N4O4. The minimum absolute atomic E-state index is 0.249. The van der Waals surface area contributed by atoms with Crippen molar-refractivity contribution in [2.75, 3.05) is 13.7 Å². The van der Waals surface area contributed by atoms with Crippen LogP contribution in [0.1, 0.15) is 18.2 Å². The summed E-state index contributed by atoms with van der Waals surface area (Å²) in [5.74, 6) is -0.607. The van der Waals surface area contributed by atoms with Crippen molar-refractivity contribution in [2.24, 2.45) is 7.05 Å². The van der Waals surface area contributed by atoms with E-state index >= 15 is 0 Å². The number of hydrogen-bond donors (Lipinski definition) is 1. The van der Waals surface area contributed by atoms with Gasteiger partial charge in [-0.1, -0.05) is 0 Å². The SMILES string of the molecule is COC(=O)[C@@H](C)NC(=O)COc1nn(C)c2nc(C)cc(C)c12. The summed E-state index contributed by atoms with van der Waals surface area (Å²) in [6.45, 7) is 5.13. The summed E-state index contributed by atoms with van der Waals surface area (Å²) in [7, 11) is 3.03. The zero-order valence-corrected chi connectivity index (χ0v) is 13.8. The molecule has 23 heavy (non-hydrogen) atoms. The van der Waals surface area contributed by atoms with E-state index in [0.29, 0.717) is 11.5 Å². The number of nitrogens with zero attached hydrogens (tertiary/aromatic N) is 3. The summed E-state index contributed by atoms with van der Waals surface area (Å²) in [5, 5.41) is 7.52. The van der Waals surface area contributed by atoms with Gasteiger partial charge in [0.05, 0.1) is 12.5 Å². The van der Waals surface area contributed by atoms with E-state index in [1.807, 2.05) is 19.9 Å². The number of nitrogens with one attached hydrogen (secondary N) is 1. The third-order valence-corrected chi connectivity index (χ3v) is 3.36. The first-order chi connectivity index (χ1) is 10.8. The van der Waals surface area contributed by atoms with Crippen LogP contribution < -0.4 is 10.1 Å². The minimum Gasteiger partial charge on any atom is -0.467 e. The summed E-state index contributed by atoms with van der Waals surface area (Å²) >= 11 is 0. The van der Waals surface area contributed by atoms with Gasteiger partial charge in [0.1, 0.15) is 6.04 Å². The number of pyridine rings is 1. The molecule has 0 aliphatic rings. The summed E-state index contributed by atoms with van der Waals surface area (Å²) in [6, 6.07) is 1.19. The predicted molar refractivity (Wildman–Crippen MR) is 83.1 cm³/mol. The zero-order valence-electron chi connectivity index (χ0n) is 13.8. The van der Waals surface area contributed by atoms with Crippen LogP contribution in [0, 0.1) is 13.8 Å².